The van der Waals surface area contributed by atoms with E-state index in [9.17, 15) is 5.11 Å². The molecule has 0 unspecified atom stereocenters. The summed E-state index contributed by atoms with van der Waals surface area (Å²) >= 11 is 0. The van der Waals surface area contributed by atoms with Gasteiger partial charge in [-0.05, 0) is 22.9 Å². The second-order valence-electron chi connectivity index (χ2n) is 4.97. The van der Waals surface area contributed by atoms with E-state index in [2.05, 4.69) is 23.2 Å². The predicted molar refractivity (Wildman–Crippen MR) is 82.9 cm³/mol. The van der Waals surface area contributed by atoms with E-state index in [1.807, 2.05) is 42.5 Å². The van der Waals surface area contributed by atoms with Crippen molar-refractivity contribution >= 4 is 21.9 Å². The lowest BCUT2D eigenvalue weighted by atomic mass is 10.0. The number of aliphatic hydroxyl groups is 1. The van der Waals surface area contributed by atoms with Crippen molar-refractivity contribution in [1.29, 1.82) is 0 Å². The van der Waals surface area contributed by atoms with Gasteiger partial charge in [0.2, 0.25) is 5.89 Å². The van der Waals surface area contributed by atoms with Crippen LogP contribution >= 0.6 is 0 Å². The van der Waals surface area contributed by atoms with Crippen molar-refractivity contribution in [2.24, 2.45) is 0 Å². The summed E-state index contributed by atoms with van der Waals surface area (Å²) in [6, 6.07) is 19.9. The number of aliphatic hydroxyl groups excluding tert-OH is 1. The molecule has 4 rings (SSSR count). The maximum Gasteiger partial charge on any atom is 0.227 e. The van der Waals surface area contributed by atoms with Crippen molar-refractivity contribution in [1.82, 2.24) is 4.98 Å². The second kappa shape index (κ2) is 4.72. The first kappa shape index (κ1) is 12.1. The largest absolute Gasteiger partial charge is 0.436 e. The van der Waals surface area contributed by atoms with E-state index < -0.39 is 0 Å². The summed E-state index contributed by atoms with van der Waals surface area (Å²) in [5.41, 5.74) is 3.15. The molecule has 1 N–H and O–H groups in total. The second-order valence-corrected chi connectivity index (χ2v) is 4.97. The predicted octanol–water partition coefficient (Wildman–Crippen LogP) is 4.14. The van der Waals surface area contributed by atoms with Gasteiger partial charge in [0.05, 0.1) is 6.61 Å². The zero-order chi connectivity index (χ0) is 14.2. The third-order valence-corrected chi connectivity index (χ3v) is 3.69. The molecule has 0 radical (unpaired) electrons. The number of rotatable bonds is 2. The molecule has 0 aliphatic carbocycles. The molecule has 0 fully saturated rings. The first-order chi connectivity index (χ1) is 10.4. The van der Waals surface area contributed by atoms with Crippen LogP contribution in [-0.2, 0) is 6.61 Å². The average Bonchev–Trinajstić information content (AvgIpc) is 2.98. The number of benzene rings is 3. The molecule has 3 nitrogen and oxygen atoms in total. The molecular formula is C18H13NO2. The topological polar surface area (TPSA) is 46.3 Å². The summed E-state index contributed by atoms with van der Waals surface area (Å²) in [4.78, 5) is 4.56. The van der Waals surface area contributed by atoms with Crippen LogP contribution in [-0.4, -0.2) is 10.1 Å². The van der Waals surface area contributed by atoms with Crippen LogP contribution in [0.1, 0.15) is 5.56 Å². The van der Waals surface area contributed by atoms with E-state index in [4.69, 9.17) is 4.42 Å². The van der Waals surface area contributed by atoms with Crippen molar-refractivity contribution in [3.63, 3.8) is 0 Å². The number of oxazole rings is 1. The van der Waals surface area contributed by atoms with Gasteiger partial charge in [0, 0.05) is 11.1 Å². The Bertz CT molecular complexity index is 935. The molecule has 0 aliphatic rings. The molecule has 0 atom stereocenters. The fraction of sp³-hybridized carbons (Fsp3) is 0.0556. The quantitative estimate of drug-likeness (QED) is 0.598. The Morgan fingerprint density at radius 2 is 1.71 bits per heavy atom. The SMILES string of the molecule is OCc1cccc2nc(-c3cccc4ccccc34)oc12. The van der Waals surface area contributed by atoms with E-state index in [1.54, 1.807) is 0 Å². The first-order valence-corrected chi connectivity index (χ1v) is 6.84. The first-order valence-electron chi connectivity index (χ1n) is 6.84. The van der Waals surface area contributed by atoms with E-state index in [0.717, 1.165) is 27.4 Å². The van der Waals surface area contributed by atoms with Crippen LogP contribution in [0.2, 0.25) is 0 Å². The average molecular weight is 275 g/mol. The minimum absolute atomic E-state index is 0.0541. The van der Waals surface area contributed by atoms with E-state index >= 15 is 0 Å². The highest BCUT2D eigenvalue weighted by atomic mass is 16.3. The van der Waals surface area contributed by atoms with Crippen LogP contribution in [0, 0.1) is 0 Å². The van der Waals surface area contributed by atoms with E-state index in [0.29, 0.717) is 11.5 Å². The summed E-state index contributed by atoms with van der Waals surface area (Å²) in [6.07, 6.45) is 0. The van der Waals surface area contributed by atoms with Crippen molar-refractivity contribution in [3.05, 3.63) is 66.2 Å². The lowest BCUT2D eigenvalue weighted by Crippen LogP contribution is -1.81. The lowest BCUT2D eigenvalue weighted by Gasteiger charge is -2.02. The highest BCUT2D eigenvalue weighted by Gasteiger charge is 2.13. The van der Waals surface area contributed by atoms with Gasteiger partial charge in [-0.3, -0.25) is 0 Å². The van der Waals surface area contributed by atoms with Crippen LogP contribution in [0.15, 0.2) is 65.1 Å². The smallest absolute Gasteiger partial charge is 0.227 e. The number of para-hydroxylation sites is 1. The molecule has 0 amide bonds. The summed E-state index contributed by atoms with van der Waals surface area (Å²) in [5, 5.41) is 11.7. The Morgan fingerprint density at radius 3 is 2.62 bits per heavy atom. The normalized spacial score (nSPS) is 11.3. The Hall–Kier alpha value is -2.65. The van der Waals surface area contributed by atoms with Crippen molar-refractivity contribution in [3.8, 4) is 11.5 Å². The van der Waals surface area contributed by atoms with E-state index in [1.165, 1.54) is 0 Å². The Balaban J connectivity index is 2.01. The van der Waals surface area contributed by atoms with Gasteiger partial charge in [0.1, 0.15) is 5.52 Å². The van der Waals surface area contributed by atoms with Gasteiger partial charge in [-0.25, -0.2) is 4.98 Å². The van der Waals surface area contributed by atoms with Crippen molar-refractivity contribution < 1.29 is 9.52 Å². The van der Waals surface area contributed by atoms with E-state index in [-0.39, 0.29) is 6.61 Å². The summed E-state index contributed by atoms with van der Waals surface area (Å²) in [7, 11) is 0. The standard InChI is InChI=1S/C18H13NO2/c20-11-13-7-4-10-16-17(13)21-18(19-16)15-9-3-6-12-5-1-2-8-14(12)15/h1-10,20H,11H2. The number of fused-ring (bicyclic) bond motifs is 2. The van der Waals surface area contributed by atoms with Crippen LogP contribution < -0.4 is 0 Å². The number of hydrogen-bond acceptors (Lipinski definition) is 3. The maximum atomic E-state index is 9.40. The van der Waals surface area contributed by atoms with Crippen LogP contribution in [0.5, 0.6) is 0 Å². The zero-order valence-corrected chi connectivity index (χ0v) is 11.3. The molecule has 1 aromatic heterocycles. The Kier molecular flexibility index (Phi) is 2.72. The van der Waals surface area contributed by atoms with Crippen LogP contribution in [0.3, 0.4) is 0 Å². The number of nitrogens with zero attached hydrogens (tertiary/aromatic N) is 1. The lowest BCUT2D eigenvalue weighted by molar-refractivity contribution is 0.282. The molecule has 102 valence electrons. The summed E-state index contributed by atoms with van der Waals surface area (Å²) < 4.78 is 5.91. The molecule has 3 heteroatoms. The summed E-state index contributed by atoms with van der Waals surface area (Å²) in [6.45, 7) is -0.0541. The minimum Gasteiger partial charge on any atom is -0.436 e. The van der Waals surface area contributed by atoms with Crippen LogP contribution in [0.4, 0.5) is 0 Å². The molecule has 3 aromatic carbocycles. The van der Waals surface area contributed by atoms with Gasteiger partial charge < -0.3 is 9.52 Å². The van der Waals surface area contributed by atoms with Crippen molar-refractivity contribution in [2.75, 3.05) is 0 Å². The van der Waals surface area contributed by atoms with Gasteiger partial charge in [0.25, 0.3) is 0 Å². The fourth-order valence-electron chi connectivity index (χ4n) is 2.66. The molecule has 0 spiro atoms. The van der Waals surface area contributed by atoms with Crippen LogP contribution in [0.25, 0.3) is 33.3 Å². The number of aromatic nitrogens is 1. The third-order valence-electron chi connectivity index (χ3n) is 3.69. The van der Waals surface area contributed by atoms with Gasteiger partial charge in [0.15, 0.2) is 5.58 Å². The Morgan fingerprint density at radius 1 is 0.905 bits per heavy atom. The molecule has 4 aromatic rings. The number of hydrogen-bond donors (Lipinski definition) is 1. The highest BCUT2D eigenvalue weighted by Crippen LogP contribution is 2.31. The molecule has 0 saturated carbocycles. The Labute approximate surface area is 121 Å². The molecule has 21 heavy (non-hydrogen) atoms. The van der Waals surface area contributed by atoms with Gasteiger partial charge >= 0.3 is 0 Å². The molecule has 0 aliphatic heterocycles. The van der Waals surface area contributed by atoms with Gasteiger partial charge in [-0.2, -0.15) is 0 Å². The maximum absolute atomic E-state index is 9.40. The monoisotopic (exact) mass is 275 g/mol. The van der Waals surface area contributed by atoms with Crippen molar-refractivity contribution in [2.45, 2.75) is 6.61 Å². The highest BCUT2D eigenvalue weighted by molar-refractivity contribution is 5.95. The minimum atomic E-state index is -0.0541. The third kappa shape index (κ3) is 1.90. The molecule has 1 heterocycles. The molecular weight excluding hydrogens is 262 g/mol. The van der Waals surface area contributed by atoms with Gasteiger partial charge in [-0.1, -0.05) is 48.5 Å². The van der Waals surface area contributed by atoms with Gasteiger partial charge in [-0.15, -0.1) is 0 Å². The zero-order valence-electron chi connectivity index (χ0n) is 11.3. The summed E-state index contributed by atoms with van der Waals surface area (Å²) in [5.74, 6) is 0.586. The molecule has 0 saturated heterocycles. The molecule has 0 bridgehead atoms. The fourth-order valence-corrected chi connectivity index (χ4v) is 2.66.